The summed E-state index contributed by atoms with van der Waals surface area (Å²) < 4.78 is 5.14. The Bertz CT molecular complexity index is 843. The van der Waals surface area contributed by atoms with E-state index in [0.29, 0.717) is 40.6 Å². The summed E-state index contributed by atoms with van der Waals surface area (Å²) in [6.07, 6.45) is 6.54. The molecule has 0 unspecified atom stereocenters. The zero-order valence-electron chi connectivity index (χ0n) is 16.4. The Morgan fingerprint density at radius 3 is 2.83 bits per heavy atom. The van der Waals surface area contributed by atoms with Crippen LogP contribution >= 0.6 is 0 Å². The Kier molecular flexibility index (Phi) is 7.12. The molecule has 0 bridgehead atoms. The number of hydrogen-bond acceptors (Lipinski definition) is 8. The summed E-state index contributed by atoms with van der Waals surface area (Å²) in [4.78, 5) is 27.8. The van der Waals surface area contributed by atoms with Crippen molar-refractivity contribution in [2.24, 2.45) is 11.8 Å². The van der Waals surface area contributed by atoms with E-state index in [1.807, 2.05) is 0 Å². The first kappa shape index (κ1) is 20.7. The third-order valence-corrected chi connectivity index (χ3v) is 5.20. The maximum atomic E-state index is 12.7. The molecule has 1 aromatic carbocycles. The van der Waals surface area contributed by atoms with Gasteiger partial charge in [-0.3, -0.25) is 25.6 Å². The minimum Gasteiger partial charge on any atom is -0.497 e. The maximum Gasteiger partial charge on any atom is 0.262 e. The largest absolute Gasteiger partial charge is 0.497 e. The standard InChI is InChI=1S/C19H26N6O4/c1-29-15-7-8-16-17(10-15)21-23-19(20-16)24-22-18(27)14(11-25(28)12-26)9-13-5-3-2-4-6-13/h7-8,10,12-14,28H,2-6,9,11H2,1H3,(H,22,27)(H,20,23,24)/t14-/m1/s1. The molecule has 0 radical (unpaired) electrons. The van der Waals surface area contributed by atoms with Gasteiger partial charge in [0.2, 0.25) is 12.3 Å². The number of anilines is 1. The lowest BCUT2D eigenvalue weighted by Gasteiger charge is -2.27. The number of rotatable bonds is 9. The number of hydrogen-bond donors (Lipinski definition) is 3. The predicted octanol–water partition coefficient (Wildman–Crippen LogP) is 1.91. The van der Waals surface area contributed by atoms with Crippen LogP contribution in [-0.2, 0) is 9.59 Å². The van der Waals surface area contributed by atoms with Gasteiger partial charge in [0.15, 0.2) is 0 Å². The van der Waals surface area contributed by atoms with Crippen molar-refractivity contribution in [2.45, 2.75) is 38.5 Å². The number of fused-ring (bicyclic) bond motifs is 1. The van der Waals surface area contributed by atoms with Crippen molar-refractivity contribution in [3.8, 4) is 5.75 Å². The molecule has 0 aliphatic heterocycles. The van der Waals surface area contributed by atoms with E-state index in [2.05, 4.69) is 26.0 Å². The van der Waals surface area contributed by atoms with Crippen molar-refractivity contribution < 1.29 is 19.5 Å². The van der Waals surface area contributed by atoms with Crippen LogP contribution in [0.15, 0.2) is 18.2 Å². The number of ether oxygens (including phenoxy) is 1. The van der Waals surface area contributed by atoms with E-state index in [1.165, 1.54) is 6.42 Å². The molecule has 10 nitrogen and oxygen atoms in total. The number of methoxy groups -OCH3 is 1. The third kappa shape index (κ3) is 5.74. The smallest absolute Gasteiger partial charge is 0.262 e. The number of nitrogens with zero attached hydrogens (tertiary/aromatic N) is 4. The van der Waals surface area contributed by atoms with Crippen molar-refractivity contribution in [2.75, 3.05) is 19.1 Å². The molecule has 3 N–H and O–H groups in total. The van der Waals surface area contributed by atoms with E-state index < -0.39 is 5.92 Å². The highest BCUT2D eigenvalue weighted by Crippen LogP contribution is 2.29. The number of amides is 2. The van der Waals surface area contributed by atoms with Gasteiger partial charge >= 0.3 is 0 Å². The SMILES string of the molecule is COc1ccc2nc(NNC(=O)[C@H](CC3CCCCC3)CN(O)C=O)nnc2c1. The van der Waals surface area contributed by atoms with Gasteiger partial charge in [-0.2, -0.15) is 0 Å². The Hall–Kier alpha value is -3.01. The van der Waals surface area contributed by atoms with Gasteiger partial charge in [0, 0.05) is 6.07 Å². The quantitative estimate of drug-likeness (QED) is 0.329. The van der Waals surface area contributed by atoms with Gasteiger partial charge in [-0.25, -0.2) is 10.0 Å². The van der Waals surface area contributed by atoms with E-state index >= 15 is 0 Å². The third-order valence-electron chi connectivity index (χ3n) is 5.20. The van der Waals surface area contributed by atoms with Crippen molar-refractivity contribution in [1.82, 2.24) is 25.7 Å². The van der Waals surface area contributed by atoms with Crippen molar-refractivity contribution in [1.29, 1.82) is 0 Å². The fraction of sp³-hybridized carbons (Fsp3) is 0.526. The van der Waals surface area contributed by atoms with Crippen LogP contribution in [0.25, 0.3) is 11.0 Å². The van der Waals surface area contributed by atoms with Gasteiger partial charge < -0.3 is 4.74 Å². The number of aromatic nitrogens is 3. The first-order chi connectivity index (χ1) is 14.1. The molecule has 0 spiro atoms. The lowest BCUT2D eigenvalue weighted by Crippen LogP contribution is -2.41. The van der Waals surface area contributed by atoms with E-state index in [-0.39, 0.29) is 18.4 Å². The summed E-state index contributed by atoms with van der Waals surface area (Å²) >= 11 is 0. The van der Waals surface area contributed by atoms with Gasteiger partial charge in [-0.05, 0) is 24.5 Å². The molecule has 29 heavy (non-hydrogen) atoms. The van der Waals surface area contributed by atoms with Crippen molar-refractivity contribution >= 4 is 29.3 Å². The average molecular weight is 402 g/mol. The fourth-order valence-electron chi connectivity index (χ4n) is 3.67. The molecule has 3 rings (SSSR count). The molecule has 2 aromatic rings. The Labute approximate surface area is 168 Å². The summed E-state index contributed by atoms with van der Waals surface area (Å²) in [6.45, 7) is -0.0653. The molecule has 1 saturated carbocycles. The van der Waals surface area contributed by atoms with Crippen molar-refractivity contribution in [3.63, 3.8) is 0 Å². The first-order valence-corrected chi connectivity index (χ1v) is 9.74. The Morgan fingerprint density at radius 1 is 1.31 bits per heavy atom. The minimum atomic E-state index is -0.543. The molecule has 2 amide bonds. The first-order valence-electron chi connectivity index (χ1n) is 9.74. The number of hydroxylamine groups is 2. The number of nitrogens with one attached hydrogen (secondary N) is 2. The second-order valence-corrected chi connectivity index (χ2v) is 7.27. The van der Waals surface area contributed by atoms with Gasteiger partial charge in [-0.1, -0.05) is 32.1 Å². The van der Waals surface area contributed by atoms with Crippen LogP contribution in [0.1, 0.15) is 38.5 Å². The van der Waals surface area contributed by atoms with E-state index in [4.69, 9.17) is 4.74 Å². The molecule has 1 aromatic heterocycles. The molecule has 1 atom stereocenters. The molecule has 1 heterocycles. The summed E-state index contributed by atoms with van der Waals surface area (Å²) in [6, 6.07) is 5.22. The molecular formula is C19H26N6O4. The molecule has 10 heteroatoms. The number of carbonyl (C=O) groups excluding carboxylic acids is 2. The van der Waals surface area contributed by atoms with Gasteiger partial charge in [-0.15, -0.1) is 10.2 Å². The molecular weight excluding hydrogens is 376 g/mol. The van der Waals surface area contributed by atoms with Gasteiger partial charge in [0.05, 0.1) is 25.1 Å². The zero-order valence-corrected chi connectivity index (χ0v) is 16.4. The molecule has 1 aliphatic rings. The van der Waals surface area contributed by atoms with Crippen LogP contribution in [0.2, 0.25) is 0 Å². The lowest BCUT2D eigenvalue weighted by molar-refractivity contribution is -0.155. The summed E-state index contributed by atoms with van der Waals surface area (Å²) in [5.41, 5.74) is 6.41. The summed E-state index contributed by atoms with van der Waals surface area (Å²) in [7, 11) is 1.56. The monoisotopic (exact) mass is 402 g/mol. The molecule has 0 saturated heterocycles. The van der Waals surface area contributed by atoms with E-state index in [0.717, 1.165) is 25.7 Å². The van der Waals surface area contributed by atoms with Crippen LogP contribution in [-0.4, -0.2) is 51.4 Å². The number of hydrazine groups is 1. The van der Waals surface area contributed by atoms with E-state index in [9.17, 15) is 14.8 Å². The van der Waals surface area contributed by atoms with Gasteiger partial charge in [0.1, 0.15) is 11.3 Å². The highest BCUT2D eigenvalue weighted by atomic mass is 16.5. The highest BCUT2D eigenvalue weighted by Gasteiger charge is 2.26. The second kappa shape index (κ2) is 9.97. The summed E-state index contributed by atoms with van der Waals surface area (Å²) in [5.74, 6) is 0.321. The Morgan fingerprint density at radius 2 is 2.10 bits per heavy atom. The molecule has 1 aliphatic carbocycles. The number of benzene rings is 1. The van der Waals surface area contributed by atoms with Gasteiger partial charge in [0.25, 0.3) is 5.95 Å². The maximum absolute atomic E-state index is 12.7. The molecule has 1 fully saturated rings. The summed E-state index contributed by atoms with van der Waals surface area (Å²) in [5, 5.41) is 18.1. The van der Waals surface area contributed by atoms with Crippen molar-refractivity contribution in [3.05, 3.63) is 18.2 Å². The molecule has 156 valence electrons. The highest BCUT2D eigenvalue weighted by molar-refractivity contribution is 5.80. The predicted molar refractivity (Wildman–Crippen MR) is 105 cm³/mol. The number of carbonyl (C=O) groups is 2. The minimum absolute atomic E-state index is 0.0653. The van der Waals surface area contributed by atoms with Crippen LogP contribution < -0.4 is 15.6 Å². The fourth-order valence-corrected chi connectivity index (χ4v) is 3.67. The average Bonchev–Trinajstić information content (AvgIpc) is 2.77. The second-order valence-electron chi connectivity index (χ2n) is 7.27. The zero-order chi connectivity index (χ0) is 20.6. The van der Waals surface area contributed by atoms with E-state index in [1.54, 1.807) is 25.3 Å². The van der Waals surface area contributed by atoms with Crippen LogP contribution in [0.4, 0.5) is 5.95 Å². The lowest BCUT2D eigenvalue weighted by atomic mass is 9.82. The topological polar surface area (TPSA) is 130 Å². The normalized spacial score (nSPS) is 15.5. The van der Waals surface area contributed by atoms with Crippen LogP contribution in [0, 0.1) is 11.8 Å². The van der Waals surface area contributed by atoms with Crippen LogP contribution in [0.5, 0.6) is 5.75 Å². The van der Waals surface area contributed by atoms with Crippen LogP contribution in [0.3, 0.4) is 0 Å². The Balaban J connectivity index is 1.63.